The van der Waals surface area contributed by atoms with Gasteiger partial charge < -0.3 is 5.32 Å². The van der Waals surface area contributed by atoms with Crippen molar-refractivity contribution in [1.29, 1.82) is 0 Å². The predicted molar refractivity (Wildman–Crippen MR) is 85.1 cm³/mol. The van der Waals surface area contributed by atoms with Gasteiger partial charge in [0.05, 0.1) is 5.56 Å². The number of benzene rings is 1. The van der Waals surface area contributed by atoms with E-state index in [9.17, 15) is 9.18 Å². The first-order chi connectivity index (χ1) is 11.1. The third-order valence-corrected chi connectivity index (χ3v) is 3.35. The highest BCUT2D eigenvalue weighted by Gasteiger charge is 2.14. The summed E-state index contributed by atoms with van der Waals surface area (Å²) in [5.41, 5.74) is 1.38. The number of ketones is 1. The van der Waals surface area contributed by atoms with Crippen molar-refractivity contribution in [3.05, 3.63) is 71.8 Å². The van der Waals surface area contributed by atoms with Crippen molar-refractivity contribution in [3.63, 3.8) is 0 Å². The van der Waals surface area contributed by atoms with Gasteiger partial charge in [0.15, 0.2) is 17.4 Å². The fourth-order valence-corrected chi connectivity index (χ4v) is 2.16. The van der Waals surface area contributed by atoms with Crippen LogP contribution < -0.4 is 5.32 Å². The minimum atomic E-state index is -0.280. The molecule has 116 valence electrons. The van der Waals surface area contributed by atoms with Gasteiger partial charge in [-0.15, -0.1) is 5.10 Å². The van der Waals surface area contributed by atoms with Crippen molar-refractivity contribution in [1.82, 2.24) is 14.8 Å². The minimum absolute atomic E-state index is 0.0891. The summed E-state index contributed by atoms with van der Waals surface area (Å²) in [4.78, 5) is 16.0. The molecule has 0 saturated carbocycles. The minimum Gasteiger partial charge on any atom is -0.364 e. The molecule has 0 radical (unpaired) electrons. The molecule has 23 heavy (non-hydrogen) atoms. The van der Waals surface area contributed by atoms with E-state index in [1.54, 1.807) is 35.3 Å². The second-order valence-electron chi connectivity index (χ2n) is 5.06. The van der Waals surface area contributed by atoms with Crippen molar-refractivity contribution in [3.8, 4) is 5.82 Å². The Morgan fingerprint density at radius 1 is 1.22 bits per heavy atom. The molecule has 0 aliphatic heterocycles. The van der Waals surface area contributed by atoms with Crippen LogP contribution >= 0.6 is 0 Å². The first kappa shape index (κ1) is 14.9. The van der Waals surface area contributed by atoms with E-state index in [0.29, 0.717) is 23.7 Å². The monoisotopic (exact) mass is 310 g/mol. The average molecular weight is 310 g/mol. The summed E-state index contributed by atoms with van der Waals surface area (Å²) in [5, 5.41) is 7.50. The molecular formula is C17H15FN4O. The van der Waals surface area contributed by atoms with E-state index in [0.717, 1.165) is 5.56 Å². The van der Waals surface area contributed by atoms with Gasteiger partial charge in [-0.25, -0.2) is 14.1 Å². The number of nitrogens with one attached hydrogen (secondary N) is 1. The first-order valence-electron chi connectivity index (χ1n) is 7.14. The fraction of sp³-hybridized carbons (Fsp3) is 0.118. The highest BCUT2D eigenvalue weighted by molar-refractivity contribution is 5.98. The van der Waals surface area contributed by atoms with Gasteiger partial charge in [-0.1, -0.05) is 18.2 Å². The number of pyridine rings is 1. The van der Waals surface area contributed by atoms with Gasteiger partial charge in [0, 0.05) is 18.9 Å². The maximum absolute atomic E-state index is 12.9. The van der Waals surface area contributed by atoms with Gasteiger partial charge in [0.1, 0.15) is 5.82 Å². The van der Waals surface area contributed by atoms with Gasteiger partial charge in [0.2, 0.25) is 0 Å². The molecule has 5 nitrogen and oxygen atoms in total. The van der Waals surface area contributed by atoms with Crippen LogP contribution in [0.3, 0.4) is 0 Å². The summed E-state index contributed by atoms with van der Waals surface area (Å²) in [6.45, 7) is 1.93. The number of hydrogen-bond acceptors (Lipinski definition) is 4. The van der Waals surface area contributed by atoms with Gasteiger partial charge in [-0.2, -0.15) is 0 Å². The molecule has 0 bridgehead atoms. The molecule has 0 aliphatic carbocycles. The molecule has 6 heteroatoms. The van der Waals surface area contributed by atoms with Gasteiger partial charge in [-0.3, -0.25) is 4.79 Å². The Hall–Kier alpha value is -3.02. The van der Waals surface area contributed by atoms with Crippen LogP contribution in [0.2, 0.25) is 0 Å². The van der Waals surface area contributed by atoms with Crippen LogP contribution in [0.5, 0.6) is 0 Å². The Morgan fingerprint density at radius 3 is 2.65 bits per heavy atom. The number of aromatic nitrogens is 3. The van der Waals surface area contributed by atoms with Crippen LogP contribution in [0.1, 0.15) is 22.8 Å². The molecule has 0 atom stereocenters. The Bertz CT molecular complexity index is 812. The summed E-state index contributed by atoms with van der Waals surface area (Å²) in [7, 11) is 0. The van der Waals surface area contributed by atoms with E-state index >= 15 is 0 Å². The van der Waals surface area contributed by atoms with Gasteiger partial charge in [-0.05, 0) is 36.8 Å². The summed E-state index contributed by atoms with van der Waals surface area (Å²) in [6, 6.07) is 11.6. The molecule has 3 aromatic rings. The number of Topliss-reactive ketones (excluding diaryl/α,β-unsaturated/α-hetero) is 1. The van der Waals surface area contributed by atoms with Crippen molar-refractivity contribution < 1.29 is 9.18 Å². The molecule has 3 rings (SSSR count). The van der Waals surface area contributed by atoms with Crippen LogP contribution in [0.15, 0.2) is 54.9 Å². The van der Waals surface area contributed by atoms with E-state index in [2.05, 4.69) is 15.4 Å². The summed E-state index contributed by atoms with van der Waals surface area (Å²) in [6.07, 6.45) is 3.31. The Kier molecular flexibility index (Phi) is 4.14. The van der Waals surface area contributed by atoms with E-state index in [1.807, 2.05) is 12.1 Å². The van der Waals surface area contributed by atoms with Crippen LogP contribution in [0.4, 0.5) is 10.2 Å². The number of nitrogens with zero attached hydrogens (tertiary/aromatic N) is 3. The molecule has 1 N–H and O–H groups in total. The normalized spacial score (nSPS) is 10.5. The first-order valence-corrected chi connectivity index (χ1v) is 7.14. The second kappa shape index (κ2) is 6.39. The zero-order chi connectivity index (χ0) is 16.2. The quantitative estimate of drug-likeness (QED) is 0.735. The highest BCUT2D eigenvalue weighted by Crippen LogP contribution is 2.17. The van der Waals surface area contributed by atoms with Crippen LogP contribution in [0, 0.1) is 5.82 Å². The maximum Gasteiger partial charge on any atom is 0.165 e. The number of hydrogen-bond donors (Lipinski definition) is 1. The van der Waals surface area contributed by atoms with Crippen LogP contribution in [0.25, 0.3) is 5.82 Å². The molecule has 2 aromatic heterocycles. The Balaban J connectivity index is 1.84. The number of rotatable bonds is 5. The zero-order valence-electron chi connectivity index (χ0n) is 12.5. The predicted octanol–water partition coefficient (Wildman–Crippen LogP) is 3.22. The second-order valence-corrected chi connectivity index (χ2v) is 5.06. The summed E-state index contributed by atoms with van der Waals surface area (Å²) < 4.78 is 14.5. The third-order valence-electron chi connectivity index (χ3n) is 3.35. The lowest BCUT2D eigenvalue weighted by atomic mass is 10.2. The average Bonchev–Trinajstić information content (AvgIpc) is 3.00. The Morgan fingerprint density at radius 2 is 2.00 bits per heavy atom. The summed E-state index contributed by atoms with van der Waals surface area (Å²) in [5.74, 6) is 0.740. The highest BCUT2D eigenvalue weighted by atomic mass is 19.1. The van der Waals surface area contributed by atoms with Crippen molar-refractivity contribution >= 4 is 11.6 Å². The lowest BCUT2D eigenvalue weighted by molar-refractivity contribution is 0.101. The van der Waals surface area contributed by atoms with Crippen LogP contribution in [-0.2, 0) is 6.54 Å². The van der Waals surface area contributed by atoms with Crippen molar-refractivity contribution in [2.24, 2.45) is 0 Å². The lowest BCUT2D eigenvalue weighted by Crippen LogP contribution is -2.04. The van der Waals surface area contributed by atoms with Gasteiger partial charge >= 0.3 is 0 Å². The van der Waals surface area contributed by atoms with Crippen molar-refractivity contribution in [2.75, 3.05) is 5.32 Å². The smallest absolute Gasteiger partial charge is 0.165 e. The maximum atomic E-state index is 12.9. The standard InChI is InChI=1S/C17H15FN4O/c1-12(23)15-11-22(16-4-2-3-9-19-16)21-17(15)20-10-13-5-7-14(18)8-6-13/h2-9,11H,10H2,1H3,(H,20,21). The number of halogens is 1. The molecule has 1 aromatic carbocycles. The SMILES string of the molecule is CC(=O)c1cn(-c2ccccn2)nc1NCc1ccc(F)cc1. The van der Waals surface area contributed by atoms with E-state index in [1.165, 1.54) is 19.1 Å². The third kappa shape index (κ3) is 3.42. The number of carbonyl (C=O) groups excluding carboxylic acids is 1. The van der Waals surface area contributed by atoms with Crippen molar-refractivity contribution in [2.45, 2.75) is 13.5 Å². The Labute approximate surface area is 132 Å². The number of carbonyl (C=O) groups is 1. The lowest BCUT2D eigenvalue weighted by Gasteiger charge is -2.05. The molecule has 0 spiro atoms. The molecule has 2 heterocycles. The molecular weight excluding hydrogens is 295 g/mol. The van der Waals surface area contributed by atoms with Crippen LogP contribution in [-0.4, -0.2) is 20.5 Å². The largest absolute Gasteiger partial charge is 0.364 e. The molecule has 0 unspecified atom stereocenters. The molecule has 0 fully saturated rings. The zero-order valence-corrected chi connectivity index (χ0v) is 12.5. The molecule has 0 aliphatic rings. The molecule has 0 amide bonds. The van der Waals surface area contributed by atoms with Gasteiger partial charge in [0.25, 0.3) is 0 Å². The number of anilines is 1. The van der Waals surface area contributed by atoms with E-state index in [-0.39, 0.29) is 11.6 Å². The topological polar surface area (TPSA) is 59.8 Å². The van der Waals surface area contributed by atoms with E-state index in [4.69, 9.17) is 0 Å². The van der Waals surface area contributed by atoms with E-state index < -0.39 is 0 Å². The molecule has 0 saturated heterocycles. The fourth-order valence-electron chi connectivity index (χ4n) is 2.16. The summed E-state index contributed by atoms with van der Waals surface area (Å²) >= 11 is 0.